The van der Waals surface area contributed by atoms with Crippen molar-refractivity contribution in [2.75, 3.05) is 29.8 Å². The number of hydrogen-bond donors (Lipinski definition) is 1. The molecule has 1 amide bonds. The second-order valence-electron chi connectivity index (χ2n) is 7.61. The van der Waals surface area contributed by atoms with Crippen LogP contribution in [0, 0.1) is 0 Å². The Bertz CT molecular complexity index is 1190. The third-order valence-corrected chi connectivity index (χ3v) is 8.16. The largest absolute Gasteiger partial charge is 0.492 e. The average Bonchev–Trinajstić information content (AvgIpc) is 2.87. The zero-order chi connectivity index (χ0) is 25.1. The number of carbonyl (C=O) groups excluding carboxylic acids is 1. The topological polar surface area (TPSA) is 75.7 Å². The highest BCUT2D eigenvalue weighted by Crippen LogP contribution is 2.32. The van der Waals surface area contributed by atoms with Gasteiger partial charge in [-0.1, -0.05) is 54.1 Å². The number of rotatable bonds is 13. The van der Waals surface area contributed by atoms with Crippen LogP contribution in [0.15, 0.2) is 83.8 Å². The number of carbonyl (C=O) groups is 1. The summed E-state index contributed by atoms with van der Waals surface area (Å²) >= 11 is 7.68. The monoisotopic (exact) mass is 532 g/mol. The highest BCUT2D eigenvalue weighted by Gasteiger charge is 2.29. The molecule has 0 aliphatic carbocycles. The predicted molar refractivity (Wildman–Crippen MR) is 144 cm³/mol. The Morgan fingerprint density at radius 2 is 1.69 bits per heavy atom. The molecule has 0 bridgehead atoms. The van der Waals surface area contributed by atoms with Crippen molar-refractivity contribution in [1.29, 1.82) is 0 Å². The fourth-order valence-corrected chi connectivity index (χ4v) is 5.82. The zero-order valence-electron chi connectivity index (χ0n) is 19.5. The third kappa shape index (κ3) is 7.92. The molecule has 0 heterocycles. The van der Waals surface area contributed by atoms with Crippen LogP contribution in [0.5, 0.6) is 5.75 Å². The minimum absolute atomic E-state index is 0.109. The van der Waals surface area contributed by atoms with Gasteiger partial charge in [0, 0.05) is 17.3 Å². The first-order valence-electron chi connectivity index (χ1n) is 11.3. The normalized spacial score (nSPS) is 11.1. The van der Waals surface area contributed by atoms with Gasteiger partial charge in [-0.2, -0.15) is 11.8 Å². The number of nitrogens with one attached hydrogen (secondary N) is 1. The zero-order valence-corrected chi connectivity index (χ0v) is 21.9. The molecule has 0 unspecified atom stereocenters. The van der Waals surface area contributed by atoms with Crippen LogP contribution in [0.25, 0.3) is 0 Å². The molecule has 9 heteroatoms. The maximum absolute atomic E-state index is 13.5. The summed E-state index contributed by atoms with van der Waals surface area (Å²) in [6.07, 6.45) is 0.769. The van der Waals surface area contributed by atoms with E-state index in [0.29, 0.717) is 29.6 Å². The van der Waals surface area contributed by atoms with E-state index in [2.05, 4.69) is 5.32 Å². The Morgan fingerprint density at radius 1 is 1.00 bits per heavy atom. The van der Waals surface area contributed by atoms with Gasteiger partial charge in [0.05, 0.1) is 17.2 Å². The Kier molecular flexibility index (Phi) is 10.3. The molecule has 0 spiro atoms. The Balaban J connectivity index is 1.62. The van der Waals surface area contributed by atoms with Crippen LogP contribution < -0.4 is 14.4 Å². The van der Waals surface area contributed by atoms with Gasteiger partial charge in [0.25, 0.3) is 10.0 Å². The van der Waals surface area contributed by atoms with Crippen molar-refractivity contribution in [1.82, 2.24) is 5.32 Å². The molecule has 0 fully saturated rings. The number of anilines is 1. The van der Waals surface area contributed by atoms with Crippen molar-refractivity contribution in [2.24, 2.45) is 0 Å². The van der Waals surface area contributed by atoms with E-state index in [0.717, 1.165) is 22.2 Å². The molecule has 3 rings (SSSR count). The van der Waals surface area contributed by atoms with Gasteiger partial charge in [-0.25, -0.2) is 8.42 Å². The number of amides is 1. The van der Waals surface area contributed by atoms with Gasteiger partial charge in [0.15, 0.2) is 0 Å². The van der Waals surface area contributed by atoms with E-state index < -0.39 is 10.0 Å². The maximum Gasteiger partial charge on any atom is 0.264 e. The predicted octanol–water partition coefficient (Wildman–Crippen LogP) is 5.37. The first-order valence-corrected chi connectivity index (χ1v) is 14.3. The molecule has 0 saturated carbocycles. The molecule has 0 aromatic heterocycles. The van der Waals surface area contributed by atoms with E-state index in [1.165, 1.54) is 17.7 Å². The molecule has 35 heavy (non-hydrogen) atoms. The highest BCUT2D eigenvalue weighted by molar-refractivity contribution is 7.98. The Morgan fingerprint density at radius 3 is 2.40 bits per heavy atom. The molecule has 0 atom stereocenters. The summed E-state index contributed by atoms with van der Waals surface area (Å²) in [5.74, 6) is 1.75. The lowest BCUT2D eigenvalue weighted by atomic mass is 10.2. The van der Waals surface area contributed by atoms with Gasteiger partial charge >= 0.3 is 0 Å². The van der Waals surface area contributed by atoms with Crippen molar-refractivity contribution in [3.05, 3.63) is 89.4 Å². The van der Waals surface area contributed by atoms with E-state index in [4.69, 9.17) is 16.3 Å². The van der Waals surface area contributed by atoms with Crippen LogP contribution in [-0.2, 0) is 20.6 Å². The van der Waals surface area contributed by atoms with E-state index >= 15 is 0 Å². The molecule has 0 radical (unpaired) electrons. The van der Waals surface area contributed by atoms with Crippen molar-refractivity contribution in [3.63, 3.8) is 0 Å². The van der Waals surface area contributed by atoms with Crippen LogP contribution in [0.3, 0.4) is 0 Å². The number of nitrogens with zero attached hydrogens (tertiary/aromatic N) is 1. The van der Waals surface area contributed by atoms with Gasteiger partial charge in [0.2, 0.25) is 5.91 Å². The van der Waals surface area contributed by atoms with Crippen molar-refractivity contribution in [3.8, 4) is 5.75 Å². The fraction of sp³-hybridized carbons (Fsp3) is 0.269. The minimum atomic E-state index is -3.98. The van der Waals surface area contributed by atoms with Crippen molar-refractivity contribution < 1.29 is 17.9 Å². The number of hydrogen-bond acceptors (Lipinski definition) is 5. The van der Waals surface area contributed by atoms with Crippen molar-refractivity contribution in [2.45, 2.75) is 24.0 Å². The minimum Gasteiger partial charge on any atom is -0.492 e. The lowest BCUT2D eigenvalue weighted by Crippen LogP contribution is -2.41. The number of sulfonamides is 1. The van der Waals surface area contributed by atoms with Gasteiger partial charge < -0.3 is 10.1 Å². The molecular formula is C26H29ClN2O4S2. The van der Waals surface area contributed by atoms with Gasteiger partial charge in [0.1, 0.15) is 12.3 Å². The summed E-state index contributed by atoms with van der Waals surface area (Å²) < 4.78 is 33.7. The molecule has 3 aromatic carbocycles. The molecule has 0 saturated heterocycles. The molecule has 186 valence electrons. The standard InChI is InChI=1S/C26H29ClN2O4S2/c1-2-33-25-12-7-6-11-24(25)29(35(31,32)23-9-4-3-5-10-23)19-26(30)28-17-8-18-34-20-21-13-15-22(27)16-14-21/h3-7,9-16H,2,8,17-20H2,1H3,(H,28,30). The van der Waals surface area contributed by atoms with E-state index in [-0.39, 0.29) is 17.3 Å². The number of ether oxygens (including phenoxy) is 1. The van der Waals surface area contributed by atoms with Crippen LogP contribution in [0.4, 0.5) is 5.69 Å². The Labute approximate surface area is 216 Å². The SMILES string of the molecule is CCOc1ccccc1N(CC(=O)NCCCSCc1ccc(Cl)cc1)S(=O)(=O)c1ccccc1. The molecule has 1 N–H and O–H groups in total. The van der Waals surface area contributed by atoms with Crippen LogP contribution in [-0.4, -0.2) is 39.8 Å². The lowest BCUT2D eigenvalue weighted by molar-refractivity contribution is -0.119. The Hall–Kier alpha value is -2.68. The van der Waals surface area contributed by atoms with Gasteiger partial charge in [-0.3, -0.25) is 9.10 Å². The highest BCUT2D eigenvalue weighted by atomic mass is 35.5. The molecular weight excluding hydrogens is 504 g/mol. The first kappa shape index (κ1) is 26.9. The van der Waals surface area contributed by atoms with Crippen LogP contribution in [0.2, 0.25) is 5.02 Å². The first-order chi connectivity index (χ1) is 16.9. The van der Waals surface area contributed by atoms with Crippen LogP contribution in [0.1, 0.15) is 18.9 Å². The fourth-order valence-electron chi connectivity index (χ4n) is 3.32. The summed E-state index contributed by atoms with van der Waals surface area (Å²) in [7, 11) is -3.98. The summed E-state index contributed by atoms with van der Waals surface area (Å²) in [4.78, 5) is 12.9. The second kappa shape index (κ2) is 13.4. The third-order valence-electron chi connectivity index (χ3n) is 5.02. The molecule has 6 nitrogen and oxygen atoms in total. The van der Waals surface area contributed by atoms with Crippen molar-refractivity contribution >= 4 is 45.0 Å². The smallest absolute Gasteiger partial charge is 0.264 e. The van der Waals surface area contributed by atoms with Gasteiger partial charge in [-0.15, -0.1) is 0 Å². The number of benzene rings is 3. The van der Waals surface area contributed by atoms with Crippen LogP contribution >= 0.6 is 23.4 Å². The lowest BCUT2D eigenvalue weighted by Gasteiger charge is -2.26. The average molecular weight is 533 g/mol. The number of para-hydroxylation sites is 2. The number of thioether (sulfide) groups is 1. The second-order valence-corrected chi connectivity index (χ2v) is 11.0. The number of halogens is 1. The quantitative estimate of drug-likeness (QED) is 0.299. The molecule has 3 aromatic rings. The molecule has 0 aliphatic rings. The maximum atomic E-state index is 13.5. The summed E-state index contributed by atoms with van der Waals surface area (Å²) in [5, 5.41) is 3.56. The summed E-state index contributed by atoms with van der Waals surface area (Å²) in [5.41, 5.74) is 1.52. The van der Waals surface area contributed by atoms with E-state index in [1.54, 1.807) is 54.2 Å². The van der Waals surface area contributed by atoms with E-state index in [9.17, 15) is 13.2 Å². The van der Waals surface area contributed by atoms with Gasteiger partial charge in [-0.05, 0) is 61.1 Å². The summed E-state index contributed by atoms with van der Waals surface area (Å²) in [6, 6.07) is 22.7. The molecule has 0 aliphatic heterocycles. The summed E-state index contributed by atoms with van der Waals surface area (Å²) in [6.45, 7) is 2.30. The van der Waals surface area contributed by atoms with E-state index in [1.807, 2.05) is 31.2 Å².